The number of rotatable bonds is 13. The summed E-state index contributed by atoms with van der Waals surface area (Å²) in [5.41, 5.74) is 15.3. The van der Waals surface area contributed by atoms with Gasteiger partial charge in [-0.15, -0.1) is 12.8 Å². The van der Waals surface area contributed by atoms with Crippen molar-refractivity contribution in [2.75, 3.05) is 26.4 Å². The van der Waals surface area contributed by atoms with Crippen LogP contribution in [0.3, 0.4) is 0 Å². The second kappa shape index (κ2) is 20.5. The molecule has 6 heteroatoms. The third kappa shape index (κ3) is 10.5. The summed E-state index contributed by atoms with van der Waals surface area (Å²) in [4.78, 5) is 0. The second-order valence-electron chi connectivity index (χ2n) is 18.1. The van der Waals surface area contributed by atoms with E-state index in [-0.39, 0.29) is 65.6 Å². The van der Waals surface area contributed by atoms with Crippen LogP contribution in [0, 0.1) is 42.2 Å². The first-order chi connectivity index (χ1) is 30.3. The summed E-state index contributed by atoms with van der Waals surface area (Å²) in [6.07, 6.45) is 15.8. The van der Waals surface area contributed by atoms with E-state index in [2.05, 4.69) is 135 Å². The van der Waals surface area contributed by atoms with Crippen LogP contribution in [0.2, 0.25) is 0 Å². The third-order valence-corrected chi connectivity index (χ3v) is 13.1. The van der Waals surface area contributed by atoms with Gasteiger partial charge in [0.1, 0.15) is 11.6 Å². The largest absolute Gasteiger partial charge is 0.444 e. The minimum atomic E-state index is -0.171. The number of fused-ring (bicyclic) bond motifs is 2. The van der Waals surface area contributed by atoms with Gasteiger partial charge in [0.2, 0.25) is 0 Å². The van der Waals surface area contributed by atoms with E-state index in [1.165, 1.54) is 61.6 Å². The molecule has 0 amide bonds. The predicted octanol–water partition coefficient (Wildman–Crippen LogP) is 12.8. The second-order valence-corrected chi connectivity index (χ2v) is 18.1. The summed E-state index contributed by atoms with van der Waals surface area (Å²) < 4.78 is 42.4. The Morgan fingerprint density at radius 2 is 1.08 bits per heavy atom. The predicted molar refractivity (Wildman–Crippen MR) is 248 cm³/mol. The fraction of sp³-hybridized carbons (Fsp3) is 0.241. The van der Waals surface area contributed by atoms with Crippen molar-refractivity contribution in [2.45, 2.75) is 52.4 Å². The Labute approximate surface area is 406 Å². The molecule has 2 nitrogen and oxygen atoms in total. The van der Waals surface area contributed by atoms with Gasteiger partial charge in [-0.2, -0.15) is 0 Å². The summed E-state index contributed by atoms with van der Waals surface area (Å²) in [6, 6.07) is 40.0. The molecule has 10 rings (SSSR count). The van der Waals surface area contributed by atoms with E-state index < -0.39 is 0 Å². The average molecular weight is 1190 g/mol. The quantitative estimate of drug-likeness (QED) is 0.107. The van der Waals surface area contributed by atoms with Gasteiger partial charge in [-0.1, -0.05) is 182 Å². The van der Waals surface area contributed by atoms with Gasteiger partial charge in [-0.3, -0.25) is 11.8 Å². The Hall–Kier alpha value is -4.30. The summed E-state index contributed by atoms with van der Waals surface area (Å²) >= 11 is 0. The first-order valence-electron chi connectivity index (χ1n) is 22.1. The van der Waals surface area contributed by atoms with Gasteiger partial charge in [0.15, 0.2) is 0 Å². The van der Waals surface area contributed by atoms with E-state index in [4.69, 9.17) is 9.47 Å². The SMILES string of the molecule is CC1=CC2C=CC(Cc3ccc(Cc4ccc(C[C-]5COC5)cc4)c(F)c3)=C(c3cc(Cc4ccc(Cc5ccc(C[C-]6COC6)cc5)c(F)c4)cc4cc(C)ccc34)C2C=C1.[W].[W]. The summed E-state index contributed by atoms with van der Waals surface area (Å²) in [5.74, 6) is 2.86. The smallest absolute Gasteiger partial charge is 0.127 e. The number of halogens is 2. The van der Waals surface area contributed by atoms with Crippen LogP contribution in [0.25, 0.3) is 16.3 Å². The normalized spacial score (nSPS) is 18.2. The first kappa shape index (κ1) is 46.2. The van der Waals surface area contributed by atoms with E-state index in [1.807, 2.05) is 12.1 Å². The molecule has 4 aliphatic rings. The molecule has 6 aromatic rings. The van der Waals surface area contributed by atoms with Crippen molar-refractivity contribution >= 4 is 16.3 Å². The van der Waals surface area contributed by atoms with Gasteiger partial charge < -0.3 is 9.47 Å². The van der Waals surface area contributed by atoms with Gasteiger partial charge in [-0.05, 0) is 105 Å². The molecule has 0 aromatic heterocycles. The zero-order chi connectivity index (χ0) is 42.2. The van der Waals surface area contributed by atoms with E-state index in [1.54, 1.807) is 12.1 Å². The molecule has 2 aliphatic heterocycles. The molecule has 6 aromatic carbocycles. The van der Waals surface area contributed by atoms with Gasteiger partial charge in [0.05, 0.1) is 0 Å². The van der Waals surface area contributed by atoms with Crippen molar-refractivity contribution in [3.63, 3.8) is 0 Å². The molecule has 2 aliphatic carbocycles. The minimum Gasteiger partial charge on any atom is -0.444 e. The third-order valence-electron chi connectivity index (χ3n) is 13.1. The van der Waals surface area contributed by atoms with Crippen LogP contribution < -0.4 is 0 Å². The number of hydrogen-bond acceptors (Lipinski definition) is 2. The van der Waals surface area contributed by atoms with E-state index in [0.717, 1.165) is 67.1 Å². The van der Waals surface area contributed by atoms with Crippen LogP contribution in [0.4, 0.5) is 8.78 Å². The Kier molecular flexibility index (Phi) is 14.8. The van der Waals surface area contributed by atoms with Gasteiger partial charge in [-0.25, -0.2) is 8.78 Å². The van der Waals surface area contributed by atoms with Crippen LogP contribution in [0.1, 0.15) is 68.1 Å². The van der Waals surface area contributed by atoms with E-state index in [9.17, 15) is 0 Å². The standard InChI is InChI=1S/C58H52F2O2.2W/c1-37-4-20-54-48(21-37)17-18-51(28-44-14-16-50(57(60)32-44)27-42-11-7-40(8-12-42)24-47-35-62-36-47)58(54)55-30-45(29-52-22-38(2)3-19-53(52)55)25-43-13-15-49(56(59)31-43)26-41-9-5-39(6-10-41)23-46-33-61-34-46;;/h3-22,29-32,48,54H,23-28,33-36H2,1-2H3;;/q-2;;. The maximum Gasteiger partial charge on any atom is 0.127 e. The molecule has 0 spiro atoms. The van der Waals surface area contributed by atoms with Crippen molar-refractivity contribution in [2.24, 2.45) is 11.8 Å². The average Bonchev–Trinajstić information content (AvgIpc) is 3.23. The number of hydrogen-bond donors (Lipinski definition) is 0. The maximum absolute atomic E-state index is 16.0. The van der Waals surface area contributed by atoms with Crippen molar-refractivity contribution in [1.82, 2.24) is 0 Å². The molecule has 2 atom stereocenters. The summed E-state index contributed by atoms with van der Waals surface area (Å²) in [6.45, 7) is 7.34. The zero-order valence-corrected chi connectivity index (χ0v) is 42.3. The Balaban J connectivity index is 0.00000280. The molecule has 0 radical (unpaired) electrons. The van der Waals surface area contributed by atoms with Crippen LogP contribution in [-0.4, -0.2) is 26.4 Å². The topological polar surface area (TPSA) is 18.5 Å². The monoisotopic (exact) mass is 1190 g/mol. The molecule has 2 unspecified atom stereocenters. The van der Waals surface area contributed by atoms with Crippen molar-refractivity contribution < 1.29 is 60.4 Å². The molecule has 0 saturated carbocycles. The van der Waals surface area contributed by atoms with E-state index in [0.29, 0.717) is 36.8 Å². The fourth-order valence-electron chi connectivity index (χ4n) is 9.63. The summed E-state index contributed by atoms with van der Waals surface area (Å²) in [5, 5.41) is 2.37. The Morgan fingerprint density at radius 3 is 1.62 bits per heavy atom. The Morgan fingerprint density at radius 1 is 0.531 bits per heavy atom. The van der Waals surface area contributed by atoms with Gasteiger partial charge >= 0.3 is 0 Å². The molecular weight excluding hydrogens is 1130 g/mol. The zero-order valence-electron chi connectivity index (χ0n) is 36.5. The maximum atomic E-state index is 16.0. The van der Waals surface area contributed by atoms with Crippen molar-refractivity contribution in [3.8, 4) is 0 Å². The first-order valence-corrected chi connectivity index (χ1v) is 22.1. The molecule has 64 heavy (non-hydrogen) atoms. The van der Waals surface area contributed by atoms with Crippen LogP contribution >= 0.6 is 0 Å². The molecule has 0 bridgehead atoms. The number of aryl methyl sites for hydroxylation is 1. The molecule has 2 fully saturated rings. The minimum absolute atomic E-state index is 0. The van der Waals surface area contributed by atoms with Crippen LogP contribution in [-0.2, 0) is 90.1 Å². The van der Waals surface area contributed by atoms with Crippen LogP contribution in [0.5, 0.6) is 0 Å². The number of allylic oxidation sites excluding steroid dienone is 8. The molecular formula is C58H52F2O2W2-2. The molecule has 2 heterocycles. The Bertz CT molecular complexity index is 2760. The summed E-state index contributed by atoms with van der Waals surface area (Å²) in [7, 11) is 0. The number of ether oxygens (including phenoxy) is 2. The van der Waals surface area contributed by atoms with E-state index >= 15 is 8.78 Å². The van der Waals surface area contributed by atoms with Gasteiger partial charge in [0.25, 0.3) is 0 Å². The van der Waals surface area contributed by atoms with Gasteiger partial charge in [0, 0.05) is 66.8 Å². The van der Waals surface area contributed by atoms with Crippen molar-refractivity contribution in [1.29, 1.82) is 0 Å². The number of benzene rings is 6. The molecule has 324 valence electrons. The molecule has 2 saturated heterocycles. The van der Waals surface area contributed by atoms with Crippen molar-refractivity contribution in [3.05, 3.63) is 241 Å². The fourth-order valence-corrected chi connectivity index (χ4v) is 9.63. The molecule has 0 N–H and O–H groups in total. The van der Waals surface area contributed by atoms with Crippen LogP contribution in [0.15, 0.2) is 157 Å².